The highest BCUT2D eigenvalue weighted by atomic mass is 32.2. The lowest BCUT2D eigenvalue weighted by Gasteiger charge is -2.13. The zero-order valence-electron chi connectivity index (χ0n) is 19.7. The fourth-order valence-corrected chi connectivity index (χ4v) is 4.62. The summed E-state index contributed by atoms with van der Waals surface area (Å²) in [6.07, 6.45) is 3.31. The number of ether oxygens (including phenoxy) is 3. The largest absolute Gasteiger partial charge is 0.497 e. The van der Waals surface area contributed by atoms with Crippen molar-refractivity contribution in [3.05, 3.63) is 77.1 Å². The highest BCUT2D eigenvalue weighted by molar-refractivity contribution is 8.26. The smallest absolute Gasteiger partial charge is 0.266 e. The molecule has 0 saturated carbocycles. The van der Waals surface area contributed by atoms with Crippen molar-refractivity contribution in [1.29, 1.82) is 0 Å². The van der Waals surface area contributed by atoms with Crippen LogP contribution in [0.3, 0.4) is 0 Å². The third-order valence-electron chi connectivity index (χ3n) is 5.07. The van der Waals surface area contributed by atoms with Crippen LogP contribution in [-0.4, -0.2) is 41.4 Å². The van der Waals surface area contributed by atoms with Gasteiger partial charge < -0.3 is 23.9 Å². The number of benzene rings is 2. The molecule has 2 heterocycles. The van der Waals surface area contributed by atoms with Crippen LogP contribution in [-0.2, 0) is 16.1 Å². The standard InChI is InChI=1S/C26H24N2O6S2/c1-3-32-22-13-17(14-23-25(30)28(26(35)36-23)15-20-5-4-12-33-20)6-11-21(22)34-16-24(29)27-18-7-9-19(31-2)10-8-18/h4-14H,3,15-16H2,1-2H3,(H,27,29)/b23-14-. The van der Waals surface area contributed by atoms with Crippen molar-refractivity contribution >= 4 is 51.9 Å². The van der Waals surface area contributed by atoms with E-state index in [-0.39, 0.29) is 25.0 Å². The Kier molecular flexibility index (Phi) is 8.29. The highest BCUT2D eigenvalue weighted by Gasteiger charge is 2.32. The van der Waals surface area contributed by atoms with E-state index in [1.807, 2.05) is 6.92 Å². The molecule has 0 radical (unpaired) electrons. The lowest BCUT2D eigenvalue weighted by atomic mass is 10.2. The van der Waals surface area contributed by atoms with E-state index in [0.29, 0.717) is 44.5 Å². The molecule has 1 aliphatic heterocycles. The summed E-state index contributed by atoms with van der Waals surface area (Å²) in [6, 6.07) is 15.8. The van der Waals surface area contributed by atoms with E-state index >= 15 is 0 Å². The summed E-state index contributed by atoms with van der Waals surface area (Å²) in [5, 5.41) is 2.77. The average Bonchev–Trinajstić information content (AvgIpc) is 3.48. The molecule has 1 aliphatic rings. The lowest BCUT2D eigenvalue weighted by Crippen LogP contribution is -2.27. The second kappa shape index (κ2) is 11.8. The molecule has 0 aliphatic carbocycles. The van der Waals surface area contributed by atoms with Crippen LogP contribution in [0.5, 0.6) is 17.2 Å². The number of hydrogen-bond donors (Lipinski definition) is 1. The molecule has 10 heteroatoms. The Balaban J connectivity index is 1.42. The lowest BCUT2D eigenvalue weighted by molar-refractivity contribution is -0.122. The van der Waals surface area contributed by atoms with E-state index in [1.165, 1.54) is 16.7 Å². The first-order valence-corrected chi connectivity index (χ1v) is 12.3. The number of thiocarbonyl (C=S) groups is 1. The minimum absolute atomic E-state index is 0.185. The summed E-state index contributed by atoms with van der Waals surface area (Å²) in [5.41, 5.74) is 1.38. The molecule has 3 aromatic rings. The molecular formula is C26H24N2O6S2. The average molecular weight is 525 g/mol. The van der Waals surface area contributed by atoms with Gasteiger partial charge >= 0.3 is 0 Å². The SMILES string of the molecule is CCOc1cc(/C=C2\SC(=S)N(Cc3ccco3)C2=O)ccc1OCC(=O)Nc1ccc(OC)cc1. The van der Waals surface area contributed by atoms with Crippen molar-refractivity contribution in [3.8, 4) is 17.2 Å². The maximum atomic E-state index is 12.9. The molecular weight excluding hydrogens is 500 g/mol. The number of anilines is 1. The van der Waals surface area contributed by atoms with Crippen LogP contribution in [0.4, 0.5) is 5.69 Å². The molecule has 0 unspecified atom stereocenters. The topological polar surface area (TPSA) is 90.2 Å². The summed E-state index contributed by atoms with van der Waals surface area (Å²) in [7, 11) is 1.58. The summed E-state index contributed by atoms with van der Waals surface area (Å²) < 4.78 is 22.4. The van der Waals surface area contributed by atoms with Gasteiger partial charge in [0.25, 0.3) is 11.8 Å². The van der Waals surface area contributed by atoms with Gasteiger partial charge in [0.05, 0.1) is 31.4 Å². The quantitative estimate of drug-likeness (QED) is 0.289. The number of amides is 2. The maximum Gasteiger partial charge on any atom is 0.266 e. The third-order valence-corrected chi connectivity index (χ3v) is 6.44. The first kappa shape index (κ1) is 25.3. The van der Waals surface area contributed by atoms with E-state index in [9.17, 15) is 9.59 Å². The molecule has 1 aromatic heterocycles. The van der Waals surface area contributed by atoms with Crippen LogP contribution < -0.4 is 19.5 Å². The molecule has 0 atom stereocenters. The number of hydrogen-bond acceptors (Lipinski definition) is 8. The first-order valence-electron chi connectivity index (χ1n) is 11.1. The van der Waals surface area contributed by atoms with E-state index in [0.717, 1.165) is 5.56 Å². The Hall–Kier alpha value is -3.76. The van der Waals surface area contributed by atoms with Crippen molar-refractivity contribution < 1.29 is 28.2 Å². The van der Waals surface area contributed by atoms with Gasteiger partial charge in [-0.05, 0) is 67.1 Å². The number of rotatable bonds is 10. The number of carbonyl (C=O) groups excluding carboxylic acids is 2. The molecule has 2 amide bonds. The Morgan fingerprint density at radius 1 is 1.14 bits per heavy atom. The number of nitrogens with one attached hydrogen (secondary N) is 1. The van der Waals surface area contributed by atoms with Gasteiger partial charge in [0.2, 0.25) is 0 Å². The van der Waals surface area contributed by atoms with Gasteiger partial charge in [0, 0.05) is 5.69 Å². The molecule has 186 valence electrons. The Morgan fingerprint density at radius 3 is 2.64 bits per heavy atom. The Morgan fingerprint density at radius 2 is 1.94 bits per heavy atom. The van der Waals surface area contributed by atoms with Crippen LogP contribution in [0.15, 0.2) is 70.2 Å². The molecule has 0 bridgehead atoms. The minimum Gasteiger partial charge on any atom is -0.497 e. The van der Waals surface area contributed by atoms with Crippen LogP contribution in [0.1, 0.15) is 18.2 Å². The molecule has 36 heavy (non-hydrogen) atoms. The van der Waals surface area contributed by atoms with Crippen LogP contribution in [0.25, 0.3) is 6.08 Å². The van der Waals surface area contributed by atoms with Crippen LogP contribution in [0.2, 0.25) is 0 Å². The normalized spacial score (nSPS) is 14.3. The van der Waals surface area contributed by atoms with E-state index in [4.69, 9.17) is 30.8 Å². The van der Waals surface area contributed by atoms with Gasteiger partial charge in [-0.2, -0.15) is 0 Å². The number of nitrogens with zero attached hydrogens (tertiary/aromatic N) is 1. The second-order valence-corrected chi connectivity index (χ2v) is 9.23. The van der Waals surface area contributed by atoms with Crippen molar-refractivity contribution in [2.45, 2.75) is 13.5 Å². The second-order valence-electron chi connectivity index (χ2n) is 7.55. The predicted octanol–water partition coefficient (Wildman–Crippen LogP) is 5.11. The molecule has 1 N–H and O–H groups in total. The molecule has 4 rings (SSSR count). The number of furan rings is 1. The zero-order valence-corrected chi connectivity index (χ0v) is 21.3. The molecule has 0 spiro atoms. The van der Waals surface area contributed by atoms with E-state index in [1.54, 1.807) is 74.0 Å². The van der Waals surface area contributed by atoms with Crippen molar-refractivity contribution in [2.75, 3.05) is 25.6 Å². The zero-order chi connectivity index (χ0) is 25.5. The Bertz CT molecular complexity index is 1270. The van der Waals surface area contributed by atoms with E-state index in [2.05, 4.69) is 5.32 Å². The molecule has 1 saturated heterocycles. The van der Waals surface area contributed by atoms with E-state index < -0.39 is 0 Å². The van der Waals surface area contributed by atoms with Crippen LogP contribution >= 0.6 is 24.0 Å². The molecule has 1 fully saturated rings. The summed E-state index contributed by atoms with van der Waals surface area (Å²) >= 11 is 6.62. The highest BCUT2D eigenvalue weighted by Crippen LogP contribution is 2.35. The minimum atomic E-state index is -0.313. The fourth-order valence-electron chi connectivity index (χ4n) is 3.36. The van der Waals surface area contributed by atoms with Crippen molar-refractivity contribution in [2.24, 2.45) is 0 Å². The van der Waals surface area contributed by atoms with Crippen molar-refractivity contribution in [1.82, 2.24) is 4.90 Å². The fraction of sp³-hybridized carbons (Fsp3) is 0.192. The number of thioether (sulfide) groups is 1. The summed E-state index contributed by atoms with van der Waals surface area (Å²) in [5.74, 6) is 1.75. The predicted molar refractivity (Wildman–Crippen MR) is 142 cm³/mol. The van der Waals surface area contributed by atoms with Gasteiger partial charge in [-0.25, -0.2) is 0 Å². The van der Waals surface area contributed by atoms with Gasteiger partial charge in [-0.1, -0.05) is 30.0 Å². The molecule has 2 aromatic carbocycles. The van der Waals surface area contributed by atoms with Crippen molar-refractivity contribution in [3.63, 3.8) is 0 Å². The van der Waals surface area contributed by atoms with Crippen LogP contribution in [0, 0.1) is 0 Å². The first-order chi connectivity index (χ1) is 17.5. The number of carbonyl (C=O) groups is 2. The number of methoxy groups -OCH3 is 1. The van der Waals surface area contributed by atoms with Gasteiger partial charge in [-0.15, -0.1) is 0 Å². The maximum absolute atomic E-state index is 12.9. The van der Waals surface area contributed by atoms with Gasteiger partial charge in [-0.3, -0.25) is 14.5 Å². The van der Waals surface area contributed by atoms with Gasteiger partial charge in [0.1, 0.15) is 15.8 Å². The Labute approximate surface area is 218 Å². The molecule has 8 nitrogen and oxygen atoms in total. The summed E-state index contributed by atoms with van der Waals surface area (Å²) in [4.78, 5) is 27.2. The van der Waals surface area contributed by atoms with Gasteiger partial charge in [0.15, 0.2) is 18.1 Å². The summed E-state index contributed by atoms with van der Waals surface area (Å²) in [6.45, 7) is 2.34. The third kappa shape index (κ3) is 6.27. The monoisotopic (exact) mass is 524 g/mol.